The smallest absolute Gasteiger partial charge is 0.0566 e. The van der Waals surface area contributed by atoms with Gasteiger partial charge in [-0.05, 0) is 18.9 Å². The minimum absolute atomic E-state index is 0.873. The molecule has 0 spiro atoms. The van der Waals surface area contributed by atoms with Crippen molar-refractivity contribution in [2.45, 2.75) is 0 Å². The molecule has 0 saturated heterocycles. The van der Waals surface area contributed by atoms with E-state index in [9.17, 15) is 0 Å². The molecular formula is C18H15N3. The Hall–Kier alpha value is -2.81. The van der Waals surface area contributed by atoms with Crippen molar-refractivity contribution in [3.8, 4) is 0 Å². The quantitative estimate of drug-likeness (QED) is 0.517. The molecule has 0 fully saturated rings. The Balaban J connectivity index is 2.38. The number of aromatic amines is 1. The number of hydrogen-bond donors (Lipinski definition) is 1. The molecule has 0 aliphatic carbocycles. The largest absolute Gasteiger partial charge is 0.354 e. The number of hydrogen-bond acceptors (Lipinski definition) is 1. The molecule has 4 rings (SSSR count). The van der Waals surface area contributed by atoms with E-state index in [1.165, 1.54) is 21.8 Å². The van der Waals surface area contributed by atoms with Gasteiger partial charge < -0.3 is 9.55 Å². The second-order valence-corrected chi connectivity index (χ2v) is 5.29. The zero-order valence-electron chi connectivity index (χ0n) is 11.9. The predicted octanol–water partition coefficient (Wildman–Crippen LogP) is 2.66. The third-order valence-corrected chi connectivity index (χ3v) is 4.19. The summed E-state index contributed by atoms with van der Waals surface area (Å²) in [6, 6.07) is 12.7. The summed E-state index contributed by atoms with van der Waals surface area (Å²) in [5.41, 5.74) is 3.56. The molecule has 2 aromatic heterocycles. The molecule has 0 bridgehead atoms. The Morgan fingerprint density at radius 2 is 1.90 bits per heavy atom. The summed E-state index contributed by atoms with van der Waals surface area (Å²) in [5, 5.41) is 5.50. The lowest BCUT2D eigenvalue weighted by Crippen LogP contribution is -2.19. The molecule has 4 aromatic rings. The van der Waals surface area contributed by atoms with E-state index in [0.29, 0.717) is 0 Å². The molecule has 1 N–H and O–H groups in total. The van der Waals surface area contributed by atoms with Crippen LogP contribution < -0.4 is 10.6 Å². The lowest BCUT2D eigenvalue weighted by molar-refractivity contribution is 1.01. The van der Waals surface area contributed by atoms with Crippen LogP contribution in [0.25, 0.3) is 45.5 Å². The number of H-pyrrole nitrogens is 1. The lowest BCUT2D eigenvalue weighted by atomic mass is 10.1. The van der Waals surface area contributed by atoms with E-state index < -0.39 is 0 Å². The number of fused-ring (bicyclic) bond motifs is 5. The Morgan fingerprint density at radius 1 is 1.10 bits per heavy atom. The number of para-hydroxylation sites is 1. The van der Waals surface area contributed by atoms with Crippen molar-refractivity contribution in [3.05, 3.63) is 47.0 Å². The molecule has 3 nitrogen and oxygen atoms in total. The highest BCUT2D eigenvalue weighted by molar-refractivity contribution is 6.19. The van der Waals surface area contributed by atoms with Gasteiger partial charge in [0.05, 0.1) is 11.0 Å². The highest BCUT2D eigenvalue weighted by atomic mass is 14.9. The molecule has 2 heterocycles. The van der Waals surface area contributed by atoms with E-state index >= 15 is 0 Å². The van der Waals surface area contributed by atoms with Gasteiger partial charge in [0.1, 0.15) is 0 Å². The van der Waals surface area contributed by atoms with Crippen molar-refractivity contribution in [1.82, 2.24) is 9.55 Å². The molecule has 102 valence electrons. The number of aryl methyl sites for hydroxylation is 1. The van der Waals surface area contributed by atoms with Crippen LogP contribution in [0, 0.1) is 0 Å². The second kappa shape index (κ2) is 4.09. The molecular weight excluding hydrogens is 258 g/mol. The van der Waals surface area contributed by atoms with Crippen molar-refractivity contribution >= 4 is 52.2 Å². The van der Waals surface area contributed by atoms with Gasteiger partial charge >= 0.3 is 0 Å². The zero-order chi connectivity index (χ0) is 14.6. The molecule has 0 amide bonds. The minimum Gasteiger partial charge on any atom is -0.354 e. The van der Waals surface area contributed by atoms with Crippen molar-refractivity contribution in [3.63, 3.8) is 0 Å². The van der Waals surface area contributed by atoms with Gasteiger partial charge in [-0.1, -0.05) is 30.8 Å². The average Bonchev–Trinajstić information content (AvgIpc) is 2.97. The SMILES string of the molecule is C=N/C=c1\c(=C)[nH]c2c1ccc1c2c2ccccc2n1C. The normalized spacial score (nSPS) is 12.7. The van der Waals surface area contributed by atoms with Crippen molar-refractivity contribution < 1.29 is 0 Å². The van der Waals surface area contributed by atoms with Crippen LogP contribution in [0.15, 0.2) is 41.4 Å². The Morgan fingerprint density at radius 3 is 2.71 bits per heavy atom. The fourth-order valence-corrected chi connectivity index (χ4v) is 3.22. The van der Waals surface area contributed by atoms with E-state index in [-0.39, 0.29) is 0 Å². The van der Waals surface area contributed by atoms with E-state index in [2.05, 4.69) is 71.3 Å². The molecule has 0 aliphatic rings. The van der Waals surface area contributed by atoms with E-state index in [1.54, 1.807) is 6.20 Å². The summed E-state index contributed by atoms with van der Waals surface area (Å²) in [6.07, 6.45) is 1.76. The first kappa shape index (κ1) is 12.0. The standard InChI is InChI=1S/C18H15N3/c1-11-14(10-19-2)12-8-9-16-17(18(12)20-11)13-6-4-5-7-15(13)21(16)3/h4-10,20H,1-2H2,3H3/b14-10+. The average molecular weight is 273 g/mol. The molecule has 0 saturated carbocycles. The zero-order valence-corrected chi connectivity index (χ0v) is 11.9. The number of benzene rings is 2. The van der Waals surface area contributed by atoms with Crippen LogP contribution in [0.2, 0.25) is 0 Å². The fraction of sp³-hybridized carbons (Fsp3) is 0.0556. The van der Waals surface area contributed by atoms with E-state index in [4.69, 9.17) is 0 Å². The molecule has 0 unspecified atom stereocenters. The van der Waals surface area contributed by atoms with Gasteiger partial charge in [-0.15, -0.1) is 0 Å². The molecule has 0 atom stereocenters. The van der Waals surface area contributed by atoms with Crippen LogP contribution in [0.5, 0.6) is 0 Å². The number of nitrogens with one attached hydrogen (secondary N) is 1. The van der Waals surface area contributed by atoms with E-state index in [0.717, 1.165) is 21.5 Å². The monoisotopic (exact) mass is 273 g/mol. The molecule has 3 heteroatoms. The van der Waals surface area contributed by atoms with Gasteiger partial charge in [-0.2, -0.15) is 0 Å². The first-order valence-electron chi connectivity index (χ1n) is 6.85. The predicted molar refractivity (Wildman–Crippen MR) is 91.1 cm³/mol. The maximum Gasteiger partial charge on any atom is 0.0566 e. The summed E-state index contributed by atoms with van der Waals surface area (Å²) in [7, 11) is 2.10. The van der Waals surface area contributed by atoms with Gasteiger partial charge in [-0.25, -0.2) is 0 Å². The lowest BCUT2D eigenvalue weighted by Gasteiger charge is -1.97. The van der Waals surface area contributed by atoms with Crippen molar-refractivity contribution in [1.29, 1.82) is 0 Å². The van der Waals surface area contributed by atoms with Crippen LogP contribution in [0.3, 0.4) is 0 Å². The van der Waals surface area contributed by atoms with Crippen molar-refractivity contribution in [2.24, 2.45) is 12.0 Å². The third kappa shape index (κ3) is 1.46. The first-order chi connectivity index (χ1) is 10.2. The minimum atomic E-state index is 0.873. The summed E-state index contributed by atoms with van der Waals surface area (Å²) in [4.78, 5) is 7.31. The first-order valence-corrected chi connectivity index (χ1v) is 6.85. The van der Waals surface area contributed by atoms with Crippen LogP contribution in [-0.4, -0.2) is 16.3 Å². The topological polar surface area (TPSA) is 33.1 Å². The maximum absolute atomic E-state index is 4.09. The molecule has 0 aliphatic heterocycles. The van der Waals surface area contributed by atoms with Gasteiger partial charge in [0, 0.05) is 45.5 Å². The van der Waals surface area contributed by atoms with Crippen LogP contribution in [0.1, 0.15) is 0 Å². The Labute approximate surface area is 121 Å². The summed E-state index contributed by atoms with van der Waals surface area (Å²) in [6.45, 7) is 7.64. The number of aromatic nitrogens is 2. The number of nitrogens with zero attached hydrogens (tertiary/aromatic N) is 2. The second-order valence-electron chi connectivity index (χ2n) is 5.29. The van der Waals surface area contributed by atoms with Crippen molar-refractivity contribution in [2.75, 3.05) is 0 Å². The summed E-state index contributed by atoms with van der Waals surface area (Å²) < 4.78 is 2.23. The Kier molecular flexibility index (Phi) is 2.33. The number of aliphatic imine (C=N–C) groups is 1. The summed E-state index contributed by atoms with van der Waals surface area (Å²) in [5.74, 6) is 0. The highest BCUT2D eigenvalue weighted by Crippen LogP contribution is 2.31. The molecule has 0 radical (unpaired) electrons. The molecule has 2 aromatic carbocycles. The fourth-order valence-electron chi connectivity index (χ4n) is 3.22. The number of rotatable bonds is 1. The Bertz CT molecular complexity index is 1130. The van der Waals surface area contributed by atoms with Gasteiger partial charge in [0.15, 0.2) is 0 Å². The van der Waals surface area contributed by atoms with Gasteiger partial charge in [0.2, 0.25) is 0 Å². The summed E-state index contributed by atoms with van der Waals surface area (Å²) >= 11 is 0. The van der Waals surface area contributed by atoms with Gasteiger partial charge in [-0.3, -0.25) is 4.99 Å². The maximum atomic E-state index is 4.09. The highest BCUT2D eigenvalue weighted by Gasteiger charge is 2.12. The van der Waals surface area contributed by atoms with Crippen LogP contribution >= 0.6 is 0 Å². The van der Waals surface area contributed by atoms with E-state index in [1.807, 2.05) is 0 Å². The van der Waals surface area contributed by atoms with Crippen LogP contribution in [0.4, 0.5) is 0 Å². The molecule has 21 heavy (non-hydrogen) atoms. The third-order valence-electron chi connectivity index (χ3n) is 4.19. The van der Waals surface area contributed by atoms with Gasteiger partial charge in [0.25, 0.3) is 0 Å². The van der Waals surface area contributed by atoms with Crippen LogP contribution in [-0.2, 0) is 7.05 Å².